The number of rotatable bonds is 4. The Balaban J connectivity index is 1.90. The quantitative estimate of drug-likeness (QED) is 0.642. The van der Waals surface area contributed by atoms with Crippen molar-refractivity contribution < 1.29 is 4.74 Å². The fourth-order valence-corrected chi connectivity index (χ4v) is 3.00. The topological polar surface area (TPSA) is 27.1 Å². The first kappa shape index (κ1) is 15.8. The Hall–Kier alpha value is -2.07. The van der Waals surface area contributed by atoms with Crippen LogP contribution in [-0.2, 0) is 13.7 Å². The maximum absolute atomic E-state index is 5.96. The molecule has 3 aromatic rings. The van der Waals surface area contributed by atoms with Crippen LogP contribution in [-0.4, -0.2) is 9.78 Å². The third kappa shape index (κ3) is 3.64. The van der Waals surface area contributed by atoms with E-state index in [1.54, 1.807) is 0 Å². The second kappa shape index (κ2) is 6.59. The molecule has 23 heavy (non-hydrogen) atoms. The molecule has 0 N–H and O–H groups in total. The van der Waals surface area contributed by atoms with Crippen molar-refractivity contribution in [3.05, 3.63) is 69.8 Å². The van der Waals surface area contributed by atoms with E-state index in [4.69, 9.17) is 4.74 Å². The second-order valence-electron chi connectivity index (χ2n) is 5.70. The summed E-state index contributed by atoms with van der Waals surface area (Å²) in [6, 6.07) is 16.5. The van der Waals surface area contributed by atoms with Gasteiger partial charge in [0, 0.05) is 17.1 Å². The number of ether oxygens (including phenoxy) is 1. The summed E-state index contributed by atoms with van der Waals surface area (Å²) in [5.41, 5.74) is 5.60. The lowest BCUT2D eigenvalue weighted by Crippen LogP contribution is -2.01. The molecular weight excluding hydrogens is 352 g/mol. The van der Waals surface area contributed by atoms with Crippen LogP contribution in [0.5, 0.6) is 5.75 Å². The first-order chi connectivity index (χ1) is 11.0. The summed E-state index contributed by atoms with van der Waals surface area (Å²) in [6.07, 6.45) is 0. The highest BCUT2D eigenvalue weighted by Crippen LogP contribution is 2.28. The van der Waals surface area contributed by atoms with Gasteiger partial charge in [0.2, 0.25) is 0 Å². The summed E-state index contributed by atoms with van der Waals surface area (Å²) in [5.74, 6) is 0.878. The third-order valence-corrected chi connectivity index (χ3v) is 4.25. The van der Waals surface area contributed by atoms with E-state index in [9.17, 15) is 0 Å². The van der Waals surface area contributed by atoms with E-state index in [-0.39, 0.29) is 0 Å². The van der Waals surface area contributed by atoms with Gasteiger partial charge in [0.1, 0.15) is 12.4 Å². The van der Waals surface area contributed by atoms with E-state index in [0.29, 0.717) is 6.61 Å². The summed E-state index contributed by atoms with van der Waals surface area (Å²) in [7, 11) is 1.97. The van der Waals surface area contributed by atoms with E-state index in [2.05, 4.69) is 58.3 Å². The number of hydrogen-bond acceptors (Lipinski definition) is 2. The Morgan fingerprint density at radius 1 is 1.04 bits per heavy atom. The van der Waals surface area contributed by atoms with Gasteiger partial charge in [-0.25, -0.2) is 0 Å². The smallest absolute Gasteiger partial charge is 0.119 e. The number of aromatic nitrogens is 2. The van der Waals surface area contributed by atoms with E-state index in [1.165, 1.54) is 5.56 Å². The molecule has 0 unspecified atom stereocenters. The van der Waals surface area contributed by atoms with Gasteiger partial charge in [-0.15, -0.1) is 0 Å². The van der Waals surface area contributed by atoms with Gasteiger partial charge in [-0.3, -0.25) is 4.68 Å². The highest BCUT2D eigenvalue weighted by molar-refractivity contribution is 9.10. The number of hydrogen-bond donors (Lipinski definition) is 0. The lowest BCUT2D eigenvalue weighted by atomic mass is 10.0. The molecule has 0 bridgehead atoms. The summed E-state index contributed by atoms with van der Waals surface area (Å²) in [4.78, 5) is 0. The van der Waals surface area contributed by atoms with Crippen LogP contribution in [0.4, 0.5) is 0 Å². The lowest BCUT2D eigenvalue weighted by Gasteiger charge is -2.12. The Labute approximate surface area is 145 Å². The molecule has 0 aliphatic rings. The van der Waals surface area contributed by atoms with E-state index < -0.39 is 0 Å². The normalized spacial score (nSPS) is 10.8. The van der Waals surface area contributed by atoms with E-state index in [1.807, 2.05) is 36.9 Å². The van der Waals surface area contributed by atoms with E-state index in [0.717, 1.165) is 32.7 Å². The van der Waals surface area contributed by atoms with Crippen molar-refractivity contribution in [2.75, 3.05) is 0 Å². The van der Waals surface area contributed by atoms with Crippen LogP contribution in [0.25, 0.3) is 11.3 Å². The predicted molar refractivity (Wildman–Crippen MR) is 96.6 cm³/mol. The molecule has 0 saturated carbocycles. The van der Waals surface area contributed by atoms with Crippen molar-refractivity contribution in [3.8, 4) is 17.0 Å². The third-order valence-electron chi connectivity index (χ3n) is 3.76. The van der Waals surface area contributed by atoms with Crippen molar-refractivity contribution in [2.45, 2.75) is 20.5 Å². The van der Waals surface area contributed by atoms with Gasteiger partial charge in [-0.2, -0.15) is 5.10 Å². The molecule has 3 rings (SSSR count). The van der Waals surface area contributed by atoms with Crippen LogP contribution in [0.3, 0.4) is 0 Å². The van der Waals surface area contributed by atoms with Gasteiger partial charge in [0.05, 0.1) is 11.4 Å². The standard InChI is InChI=1S/C19H19BrN2O/c1-13-4-7-17(8-5-13)23-12-15-11-16(20)6-9-18(15)19-10-14(2)21-22(19)3/h4-11H,12H2,1-3H3. The zero-order valence-electron chi connectivity index (χ0n) is 13.5. The minimum atomic E-state index is 0.516. The van der Waals surface area contributed by atoms with Crippen molar-refractivity contribution in [2.24, 2.45) is 7.05 Å². The average molecular weight is 371 g/mol. The fourth-order valence-electron chi connectivity index (χ4n) is 2.59. The first-order valence-electron chi connectivity index (χ1n) is 7.52. The van der Waals surface area contributed by atoms with Gasteiger partial charge < -0.3 is 4.74 Å². The first-order valence-corrected chi connectivity index (χ1v) is 8.31. The molecule has 0 aliphatic heterocycles. The summed E-state index contributed by atoms with van der Waals surface area (Å²) < 4.78 is 8.92. The molecule has 0 fully saturated rings. The zero-order valence-corrected chi connectivity index (χ0v) is 15.1. The zero-order chi connectivity index (χ0) is 16.4. The maximum Gasteiger partial charge on any atom is 0.119 e. The molecule has 0 saturated heterocycles. The molecule has 118 valence electrons. The SMILES string of the molecule is Cc1ccc(OCc2cc(Br)ccc2-c2cc(C)nn2C)cc1. The summed E-state index contributed by atoms with van der Waals surface area (Å²) >= 11 is 3.55. The highest BCUT2D eigenvalue weighted by atomic mass is 79.9. The Morgan fingerprint density at radius 3 is 2.43 bits per heavy atom. The van der Waals surface area contributed by atoms with Crippen LogP contribution in [0.2, 0.25) is 0 Å². The molecule has 1 aromatic heterocycles. The lowest BCUT2D eigenvalue weighted by molar-refractivity contribution is 0.306. The minimum Gasteiger partial charge on any atom is -0.489 e. The summed E-state index contributed by atoms with van der Waals surface area (Å²) in [5, 5.41) is 4.44. The largest absolute Gasteiger partial charge is 0.489 e. The highest BCUT2D eigenvalue weighted by Gasteiger charge is 2.11. The van der Waals surface area contributed by atoms with Gasteiger partial charge in [-0.05, 0) is 49.7 Å². The number of aryl methyl sites for hydroxylation is 3. The van der Waals surface area contributed by atoms with Crippen LogP contribution in [0.15, 0.2) is 53.0 Å². The maximum atomic E-state index is 5.96. The van der Waals surface area contributed by atoms with Crippen LogP contribution >= 0.6 is 15.9 Å². The second-order valence-corrected chi connectivity index (χ2v) is 6.61. The van der Waals surface area contributed by atoms with Crippen molar-refractivity contribution >= 4 is 15.9 Å². The van der Waals surface area contributed by atoms with Crippen molar-refractivity contribution in [1.29, 1.82) is 0 Å². The van der Waals surface area contributed by atoms with Gasteiger partial charge in [0.25, 0.3) is 0 Å². The Bertz CT molecular complexity index is 822. The molecule has 0 atom stereocenters. The van der Waals surface area contributed by atoms with E-state index >= 15 is 0 Å². The molecule has 0 radical (unpaired) electrons. The molecule has 3 nitrogen and oxygen atoms in total. The van der Waals surface area contributed by atoms with Crippen molar-refractivity contribution in [3.63, 3.8) is 0 Å². The minimum absolute atomic E-state index is 0.516. The van der Waals surface area contributed by atoms with Crippen molar-refractivity contribution in [1.82, 2.24) is 9.78 Å². The summed E-state index contributed by atoms with van der Waals surface area (Å²) in [6.45, 7) is 4.59. The van der Waals surface area contributed by atoms with Crippen LogP contribution in [0, 0.1) is 13.8 Å². The van der Waals surface area contributed by atoms with Crippen LogP contribution < -0.4 is 4.74 Å². The molecule has 0 spiro atoms. The number of nitrogens with zero attached hydrogens (tertiary/aromatic N) is 2. The monoisotopic (exact) mass is 370 g/mol. The molecule has 4 heteroatoms. The predicted octanol–water partition coefficient (Wildman–Crippen LogP) is 5.05. The van der Waals surface area contributed by atoms with Gasteiger partial charge >= 0.3 is 0 Å². The van der Waals surface area contributed by atoms with Gasteiger partial charge in [-0.1, -0.05) is 39.7 Å². The Morgan fingerprint density at radius 2 is 1.78 bits per heavy atom. The molecule has 0 aliphatic carbocycles. The average Bonchev–Trinajstić information content (AvgIpc) is 2.85. The number of halogens is 1. The molecule has 2 aromatic carbocycles. The molecule has 0 amide bonds. The molecule has 1 heterocycles. The number of benzene rings is 2. The van der Waals surface area contributed by atoms with Crippen LogP contribution in [0.1, 0.15) is 16.8 Å². The molecular formula is C19H19BrN2O. The van der Waals surface area contributed by atoms with Gasteiger partial charge in [0.15, 0.2) is 0 Å². The fraction of sp³-hybridized carbons (Fsp3) is 0.211. The Kier molecular flexibility index (Phi) is 4.53.